The van der Waals surface area contributed by atoms with Crippen molar-refractivity contribution in [1.29, 1.82) is 0 Å². The van der Waals surface area contributed by atoms with Crippen LogP contribution in [-0.4, -0.2) is 43.5 Å². The van der Waals surface area contributed by atoms with Crippen LogP contribution in [0.3, 0.4) is 0 Å². The molecule has 2 rings (SSSR count). The van der Waals surface area contributed by atoms with Crippen molar-refractivity contribution in [2.75, 3.05) is 18.6 Å². The van der Waals surface area contributed by atoms with Crippen molar-refractivity contribution in [3.8, 4) is 5.75 Å². The van der Waals surface area contributed by atoms with Gasteiger partial charge in [0.25, 0.3) is 0 Å². The molecular weight excluding hydrogens is 370 g/mol. The smallest absolute Gasteiger partial charge is 0.242 e. The van der Waals surface area contributed by atoms with Gasteiger partial charge in [-0.25, -0.2) is 0 Å². The highest BCUT2D eigenvalue weighted by Crippen LogP contribution is 2.35. The number of nitrogens with one attached hydrogen (secondary N) is 2. The molecule has 0 aromatic heterocycles. The molecule has 0 spiro atoms. The summed E-state index contributed by atoms with van der Waals surface area (Å²) >= 11 is 6.04. The lowest BCUT2D eigenvalue weighted by atomic mass is 10.1. The molecule has 0 bridgehead atoms. The van der Waals surface area contributed by atoms with Gasteiger partial charge in [-0.05, 0) is 38.5 Å². The summed E-state index contributed by atoms with van der Waals surface area (Å²) in [5.74, 6) is -0.781. The van der Waals surface area contributed by atoms with Gasteiger partial charge in [-0.15, -0.1) is 0 Å². The van der Waals surface area contributed by atoms with E-state index >= 15 is 0 Å². The number of amides is 3. The molecule has 0 radical (unpaired) electrons. The Morgan fingerprint density at radius 3 is 2.67 bits per heavy atom. The highest BCUT2D eigenvalue weighted by Gasteiger charge is 2.37. The van der Waals surface area contributed by atoms with Crippen LogP contribution >= 0.6 is 11.6 Å². The minimum absolute atomic E-state index is 0.0377. The summed E-state index contributed by atoms with van der Waals surface area (Å²) in [5, 5.41) is 6.00. The highest BCUT2D eigenvalue weighted by molar-refractivity contribution is 6.31. The van der Waals surface area contributed by atoms with Gasteiger partial charge in [0.1, 0.15) is 11.8 Å². The van der Waals surface area contributed by atoms with Crippen molar-refractivity contribution < 1.29 is 19.1 Å². The molecule has 1 aliphatic heterocycles. The molecule has 1 saturated heterocycles. The first kappa shape index (κ1) is 21.0. The number of rotatable bonds is 7. The van der Waals surface area contributed by atoms with Gasteiger partial charge in [0.05, 0.1) is 18.7 Å². The van der Waals surface area contributed by atoms with E-state index in [4.69, 9.17) is 16.3 Å². The molecule has 1 fully saturated rings. The van der Waals surface area contributed by atoms with Gasteiger partial charge in [0.15, 0.2) is 0 Å². The first-order valence-corrected chi connectivity index (χ1v) is 9.39. The molecule has 0 aliphatic carbocycles. The fourth-order valence-electron chi connectivity index (χ4n) is 2.86. The average molecular weight is 396 g/mol. The lowest BCUT2D eigenvalue weighted by Crippen LogP contribution is -2.49. The molecule has 7 nitrogen and oxygen atoms in total. The van der Waals surface area contributed by atoms with Crippen LogP contribution in [0.2, 0.25) is 5.02 Å². The van der Waals surface area contributed by atoms with E-state index in [1.165, 1.54) is 12.0 Å². The number of methoxy groups -OCH3 is 1. The van der Waals surface area contributed by atoms with Gasteiger partial charge in [-0.2, -0.15) is 0 Å². The molecule has 1 aromatic rings. The van der Waals surface area contributed by atoms with Gasteiger partial charge in [0.2, 0.25) is 17.7 Å². The zero-order chi connectivity index (χ0) is 20.1. The van der Waals surface area contributed by atoms with Crippen molar-refractivity contribution in [3.05, 3.63) is 23.2 Å². The number of benzene rings is 1. The van der Waals surface area contributed by atoms with Crippen LogP contribution in [0.1, 0.15) is 33.6 Å². The Hall–Kier alpha value is -2.28. The number of carbonyl (C=O) groups is 3. The van der Waals surface area contributed by atoms with Gasteiger partial charge in [0, 0.05) is 24.0 Å². The van der Waals surface area contributed by atoms with Gasteiger partial charge in [-0.1, -0.05) is 18.5 Å². The molecule has 3 unspecified atom stereocenters. The maximum Gasteiger partial charge on any atom is 0.242 e. The third kappa shape index (κ3) is 5.13. The molecular formula is C19H26ClN3O4. The topological polar surface area (TPSA) is 87.7 Å². The third-order valence-corrected chi connectivity index (χ3v) is 4.92. The Morgan fingerprint density at radius 1 is 1.33 bits per heavy atom. The number of nitrogens with zero attached hydrogens (tertiary/aromatic N) is 1. The van der Waals surface area contributed by atoms with E-state index in [0.717, 1.165) is 6.42 Å². The van der Waals surface area contributed by atoms with Gasteiger partial charge < -0.3 is 20.3 Å². The van der Waals surface area contributed by atoms with E-state index in [1.54, 1.807) is 25.1 Å². The van der Waals surface area contributed by atoms with Crippen LogP contribution in [0, 0.1) is 5.92 Å². The largest absolute Gasteiger partial charge is 0.495 e. The Labute approximate surface area is 164 Å². The Balaban J connectivity index is 2.03. The van der Waals surface area contributed by atoms with Gasteiger partial charge >= 0.3 is 0 Å². The van der Waals surface area contributed by atoms with E-state index in [1.807, 2.05) is 13.8 Å². The van der Waals surface area contributed by atoms with Crippen molar-refractivity contribution in [2.24, 2.45) is 5.92 Å². The summed E-state index contributed by atoms with van der Waals surface area (Å²) in [6.45, 7) is 5.71. The van der Waals surface area contributed by atoms with Crippen LogP contribution in [-0.2, 0) is 14.4 Å². The van der Waals surface area contributed by atoms with Crippen LogP contribution in [0.25, 0.3) is 0 Å². The third-order valence-electron chi connectivity index (χ3n) is 4.68. The monoisotopic (exact) mass is 395 g/mol. The molecule has 1 heterocycles. The minimum Gasteiger partial charge on any atom is -0.495 e. The maximum absolute atomic E-state index is 12.5. The first-order chi connectivity index (χ1) is 12.8. The lowest BCUT2D eigenvalue weighted by Gasteiger charge is -2.21. The number of carbonyl (C=O) groups excluding carboxylic acids is 3. The van der Waals surface area contributed by atoms with E-state index in [2.05, 4.69) is 10.6 Å². The highest BCUT2D eigenvalue weighted by atomic mass is 35.5. The minimum atomic E-state index is -0.670. The Kier molecular flexibility index (Phi) is 7.07. The predicted molar refractivity (Wildman–Crippen MR) is 104 cm³/mol. The number of anilines is 1. The summed E-state index contributed by atoms with van der Waals surface area (Å²) < 4.78 is 5.29. The van der Waals surface area contributed by atoms with E-state index < -0.39 is 12.0 Å². The molecule has 8 heteroatoms. The number of hydrogen-bond donors (Lipinski definition) is 2. The molecule has 3 atom stereocenters. The summed E-state index contributed by atoms with van der Waals surface area (Å²) in [6.07, 6.45) is 0.876. The molecule has 1 aromatic carbocycles. The first-order valence-electron chi connectivity index (χ1n) is 9.01. The maximum atomic E-state index is 12.5. The fourth-order valence-corrected chi connectivity index (χ4v) is 3.02. The van der Waals surface area contributed by atoms with Crippen LogP contribution < -0.4 is 20.3 Å². The zero-order valence-corrected chi connectivity index (χ0v) is 16.8. The molecule has 148 valence electrons. The van der Waals surface area contributed by atoms with Crippen LogP contribution in [0.5, 0.6) is 5.75 Å². The van der Waals surface area contributed by atoms with E-state index in [-0.39, 0.29) is 36.7 Å². The van der Waals surface area contributed by atoms with E-state index in [0.29, 0.717) is 16.5 Å². The van der Waals surface area contributed by atoms with Crippen molar-refractivity contribution in [2.45, 2.75) is 45.7 Å². The normalized spacial score (nSPS) is 18.8. The SMILES string of the molecule is CCC(C)NC(=O)C(C)NC(=O)C1CC(=O)N(c2cc(Cl)ccc2OC)C1. The number of halogens is 1. The molecule has 27 heavy (non-hydrogen) atoms. The second-order valence-electron chi connectivity index (χ2n) is 6.77. The second-order valence-corrected chi connectivity index (χ2v) is 7.21. The van der Waals surface area contributed by atoms with Crippen LogP contribution in [0.15, 0.2) is 18.2 Å². The quantitative estimate of drug-likeness (QED) is 0.740. The number of ether oxygens (including phenoxy) is 1. The van der Waals surface area contributed by atoms with E-state index in [9.17, 15) is 14.4 Å². The van der Waals surface area contributed by atoms with Crippen molar-refractivity contribution >= 4 is 35.0 Å². The molecule has 2 N–H and O–H groups in total. The second kappa shape index (κ2) is 9.08. The standard InChI is InChI=1S/C19H26ClN3O4/c1-5-11(2)21-18(25)12(3)22-19(26)13-8-17(24)23(10-13)15-9-14(20)6-7-16(15)27-4/h6-7,9,11-13H,5,8,10H2,1-4H3,(H,21,25)(H,22,26). The van der Waals surface area contributed by atoms with Crippen molar-refractivity contribution in [3.63, 3.8) is 0 Å². The summed E-state index contributed by atoms with van der Waals surface area (Å²) in [6, 6.07) is 4.36. The Morgan fingerprint density at radius 2 is 2.04 bits per heavy atom. The summed E-state index contributed by atoms with van der Waals surface area (Å²) in [7, 11) is 1.51. The average Bonchev–Trinajstić information content (AvgIpc) is 3.03. The summed E-state index contributed by atoms with van der Waals surface area (Å²) in [5.41, 5.74) is 0.535. The molecule has 3 amide bonds. The predicted octanol–water partition coefficient (Wildman–Crippen LogP) is 2.12. The van der Waals surface area contributed by atoms with Crippen molar-refractivity contribution in [1.82, 2.24) is 10.6 Å². The number of hydrogen-bond acceptors (Lipinski definition) is 4. The molecule has 0 saturated carbocycles. The zero-order valence-electron chi connectivity index (χ0n) is 16.0. The summed E-state index contributed by atoms with van der Waals surface area (Å²) in [4.78, 5) is 38.6. The van der Waals surface area contributed by atoms with Gasteiger partial charge in [-0.3, -0.25) is 14.4 Å². The molecule has 1 aliphatic rings. The Bertz CT molecular complexity index is 725. The lowest BCUT2D eigenvalue weighted by molar-refractivity contribution is -0.131. The fraction of sp³-hybridized carbons (Fsp3) is 0.526. The van der Waals surface area contributed by atoms with Crippen LogP contribution in [0.4, 0.5) is 5.69 Å².